The van der Waals surface area contributed by atoms with Gasteiger partial charge in [0.2, 0.25) is 0 Å². The second-order valence-corrected chi connectivity index (χ2v) is 9.76. The molecule has 192 valence electrons. The van der Waals surface area contributed by atoms with Gasteiger partial charge in [0.25, 0.3) is 0 Å². The zero-order valence-corrected chi connectivity index (χ0v) is 21.7. The van der Waals surface area contributed by atoms with E-state index in [9.17, 15) is 1.37 Å². The lowest BCUT2D eigenvalue weighted by atomic mass is 9.85. The van der Waals surface area contributed by atoms with Gasteiger partial charge in [-0.25, -0.2) is 0 Å². The van der Waals surface area contributed by atoms with Gasteiger partial charge in [0.1, 0.15) is 11.5 Å². The van der Waals surface area contributed by atoms with E-state index < -0.39 is 36.3 Å². The lowest BCUT2D eigenvalue weighted by Crippen LogP contribution is -1.98. The number of benzene rings is 7. The average Bonchev–Trinajstić information content (AvgIpc) is 3.15. The molecule has 0 fully saturated rings. The summed E-state index contributed by atoms with van der Waals surface area (Å²) in [6.45, 7) is 0. The van der Waals surface area contributed by atoms with E-state index >= 15 is 0 Å². The Labute approximate surface area is 252 Å². The molecule has 0 unspecified atom stereocenters. The van der Waals surface area contributed by atoms with Crippen LogP contribution in [0.2, 0.25) is 0 Å². The van der Waals surface area contributed by atoms with Gasteiger partial charge >= 0.3 is 0 Å². The summed E-state index contributed by atoms with van der Waals surface area (Å²) in [5.74, 6) is -0.458. The van der Waals surface area contributed by atoms with Gasteiger partial charge in [0, 0.05) is 10.9 Å². The Morgan fingerprint density at radius 1 is 0.366 bits per heavy atom. The highest BCUT2D eigenvalue weighted by Gasteiger charge is 2.22. The van der Waals surface area contributed by atoms with Crippen LogP contribution in [-0.4, -0.2) is 0 Å². The number of hydrogen-bond donors (Lipinski definition) is 0. The first-order chi connectivity index (χ1) is 24.1. The minimum atomic E-state index is -0.543. The molecule has 0 aromatic heterocycles. The topological polar surface area (TPSA) is 9.23 Å². The molecule has 1 nitrogen and oxygen atoms in total. The molecule has 1 heteroatoms. The molecule has 0 saturated heterocycles. The number of para-hydroxylation sites is 1. The Morgan fingerprint density at radius 3 is 1.59 bits per heavy atom. The van der Waals surface area contributed by atoms with E-state index in [1.807, 2.05) is 72.8 Å². The van der Waals surface area contributed by atoms with Crippen LogP contribution in [0, 0.1) is 0 Å². The van der Waals surface area contributed by atoms with E-state index in [1.54, 1.807) is 6.07 Å². The van der Waals surface area contributed by atoms with E-state index in [1.165, 1.54) is 0 Å². The van der Waals surface area contributed by atoms with Crippen LogP contribution in [0.3, 0.4) is 0 Å². The fourth-order valence-electron chi connectivity index (χ4n) is 5.66. The van der Waals surface area contributed by atoms with Crippen LogP contribution in [0.5, 0.6) is 11.5 Å². The van der Waals surface area contributed by atoms with Crippen LogP contribution in [0.15, 0.2) is 158 Å². The highest BCUT2D eigenvalue weighted by Crippen LogP contribution is 2.50. The predicted molar refractivity (Wildman–Crippen MR) is 171 cm³/mol. The third-order valence-electron chi connectivity index (χ3n) is 7.48. The standard InChI is InChI=1S/C40H26O/c1-2-13-27(14-3-1)28-15-4-5-16-29(28)30-17-6-7-18-31(30)32-19-8-9-20-33(32)34-25-26-39-40-36(34)22-12-23-37(40)35-21-10-11-24-38(35)41-39/h1-26H/i10D,11D,12D,21D,22D,23D,24D,25D,26D. The van der Waals surface area contributed by atoms with Crippen LogP contribution in [-0.2, 0) is 0 Å². The molecule has 7 aromatic rings. The minimum Gasteiger partial charge on any atom is -0.456 e. The maximum atomic E-state index is 9.34. The van der Waals surface area contributed by atoms with Crippen molar-refractivity contribution < 1.29 is 17.1 Å². The molecule has 1 aliphatic rings. The molecular formula is C40H26O. The van der Waals surface area contributed by atoms with Gasteiger partial charge in [-0.1, -0.05) is 145 Å². The number of hydrogen-bond acceptors (Lipinski definition) is 1. The Balaban J connectivity index is 1.47. The van der Waals surface area contributed by atoms with Crippen molar-refractivity contribution in [2.75, 3.05) is 0 Å². The zero-order chi connectivity index (χ0) is 35.0. The molecule has 0 spiro atoms. The molecule has 0 N–H and O–H groups in total. The Kier molecular flexibility index (Phi) is 3.77. The third kappa shape index (κ3) is 3.86. The summed E-state index contributed by atoms with van der Waals surface area (Å²) in [5, 5.41) is 0.201. The van der Waals surface area contributed by atoms with Crippen molar-refractivity contribution >= 4 is 10.8 Å². The molecule has 0 saturated carbocycles. The van der Waals surface area contributed by atoms with Crippen molar-refractivity contribution in [3.8, 4) is 67.1 Å². The summed E-state index contributed by atoms with van der Waals surface area (Å²) in [6.07, 6.45) is 0. The summed E-state index contributed by atoms with van der Waals surface area (Å²) >= 11 is 0. The molecule has 1 heterocycles. The van der Waals surface area contributed by atoms with Crippen molar-refractivity contribution in [2.45, 2.75) is 0 Å². The fourth-order valence-corrected chi connectivity index (χ4v) is 5.66. The number of ether oxygens (including phenoxy) is 1. The first-order valence-electron chi connectivity index (χ1n) is 17.8. The summed E-state index contributed by atoms with van der Waals surface area (Å²) in [7, 11) is 0. The SMILES string of the molecule is [2H]c1c([2H])c([2H])c2c(c1[2H])Oc1c([2H])c([2H])c(-c3ccccc3-c3ccccc3-c3ccccc3-c3ccccc3)c3c([2H])c([2H])c([2H])c-2c13. The van der Waals surface area contributed by atoms with Crippen molar-refractivity contribution in [1.82, 2.24) is 0 Å². The first kappa shape index (κ1) is 16.0. The predicted octanol–water partition coefficient (Wildman–Crippen LogP) is 11.3. The van der Waals surface area contributed by atoms with Gasteiger partial charge in [-0.3, -0.25) is 0 Å². The minimum absolute atomic E-state index is 0.0198. The van der Waals surface area contributed by atoms with E-state index in [0.29, 0.717) is 5.56 Å². The molecule has 0 atom stereocenters. The smallest absolute Gasteiger partial charge is 0.135 e. The summed E-state index contributed by atoms with van der Waals surface area (Å²) in [5.41, 5.74) is 6.15. The molecule has 8 rings (SSSR count). The lowest BCUT2D eigenvalue weighted by molar-refractivity contribution is 0.487. The molecule has 7 aromatic carbocycles. The van der Waals surface area contributed by atoms with Gasteiger partial charge in [0.15, 0.2) is 0 Å². The normalized spacial score (nSPS) is 14.7. The maximum Gasteiger partial charge on any atom is 0.135 e. The number of fused-ring (bicyclic) bond motifs is 2. The van der Waals surface area contributed by atoms with Crippen LogP contribution in [0.1, 0.15) is 12.3 Å². The van der Waals surface area contributed by atoms with Gasteiger partial charge in [-0.15, -0.1) is 0 Å². The molecule has 0 aliphatic carbocycles. The number of rotatable bonds is 4. The maximum absolute atomic E-state index is 9.34. The van der Waals surface area contributed by atoms with Crippen molar-refractivity contribution in [3.05, 3.63) is 158 Å². The summed E-state index contributed by atoms with van der Waals surface area (Å²) < 4.78 is 85.3. The molecule has 0 radical (unpaired) electrons. The highest BCUT2D eigenvalue weighted by atomic mass is 16.5. The van der Waals surface area contributed by atoms with Crippen LogP contribution in [0.25, 0.3) is 66.4 Å². The monoisotopic (exact) mass is 531 g/mol. The van der Waals surface area contributed by atoms with Crippen molar-refractivity contribution in [2.24, 2.45) is 0 Å². The van der Waals surface area contributed by atoms with Crippen molar-refractivity contribution in [1.29, 1.82) is 0 Å². The lowest BCUT2D eigenvalue weighted by Gasteiger charge is -2.23. The molecule has 0 amide bonds. The molecule has 1 aliphatic heterocycles. The van der Waals surface area contributed by atoms with Crippen LogP contribution in [0.4, 0.5) is 0 Å². The van der Waals surface area contributed by atoms with Crippen LogP contribution < -0.4 is 4.74 Å². The first-order valence-corrected chi connectivity index (χ1v) is 13.3. The fraction of sp³-hybridized carbons (Fsp3) is 0. The van der Waals surface area contributed by atoms with E-state index in [2.05, 4.69) is 24.3 Å². The summed E-state index contributed by atoms with van der Waals surface area (Å²) in [6, 6.07) is 29.6. The summed E-state index contributed by atoms with van der Waals surface area (Å²) in [4.78, 5) is 0. The van der Waals surface area contributed by atoms with Gasteiger partial charge < -0.3 is 4.74 Å². The average molecular weight is 532 g/mol. The third-order valence-corrected chi connectivity index (χ3v) is 7.48. The van der Waals surface area contributed by atoms with E-state index in [4.69, 9.17) is 15.7 Å². The Hall–Kier alpha value is -5.40. The van der Waals surface area contributed by atoms with E-state index in [-0.39, 0.29) is 57.1 Å². The van der Waals surface area contributed by atoms with Crippen molar-refractivity contribution in [3.63, 3.8) is 0 Å². The second kappa shape index (κ2) is 9.66. The van der Waals surface area contributed by atoms with Gasteiger partial charge in [0.05, 0.1) is 12.3 Å². The van der Waals surface area contributed by atoms with Gasteiger partial charge in [-0.2, -0.15) is 0 Å². The zero-order valence-electron chi connectivity index (χ0n) is 30.7. The molecule has 41 heavy (non-hydrogen) atoms. The second-order valence-electron chi connectivity index (χ2n) is 9.76. The van der Waals surface area contributed by atoms with E-state index in [0.717, 1.165) is 33.4 Å². The quantitative estimate of drug-likeness (QED) is 0.219. The molecule has 0 bridgehead atoms. The Bertz CT molecular complexity index is 2560. The van der Waals surface area contributed by atoms with Crippen LogP contribution >= 0.6 is 0 Å². The highest BCUT2D eigenvalue weighted by molar-refractivity contribution is 6.11. The van der Waals surface area contributed by atoms with Gasteiger partial charge in [-0.05, 0) is 67.5 Å². The Morgan fingerprint density at radius 2 is 0.902 bits per heavy atom. The largest absolute Gasteiger partial charge is 0.456 e. The molecular weight excluding hydrogens is 496 g/mol.